The van der Waals surface area contributed by atoms with Crippen LogP contribution >= 0.6 is 0 Å². The lowest BCUT2D eigenvalue weighted by molar-refractivity contribution is -0.140. The summed E-state index contributed by atoms with van der Waals surface area (Å²) in [4.78, 5) is 27.1. The summed E-state index contributed by atoms with van der Waals surface area (Å²) in [5.74, 6) is -1.07. The molecule has 4 bridgehead atoms. The Morgan fingerprint density at radius 3 is 2.47 bits per heavy atom. The second kappa shape index (κ2) is 8.24. The van der Waals surface area contributed by atoms with Crippen LogP contribution in [0.2, 0.25) is 0 Å². The van der Waals surface area contributed by atoms with Gasteiger partial charge in [-0.25, -0.2) is 9.59 Å². The van der Waals surface area contributed by atoms with Crippen LogP contribution in [0.4, 0.5) is 0 Å². The van der Waals surface area contributed by atoms with Gasteiger partial charge in [-0.15, -0.1) is 0 Å². The minimum absolute atomic E-state index is 0.236. The standard InChI is InChI=1S/C23H29NO6/c1-11(2)13-9-17-14(22(26)28-7)10-18(29-17)19(12(3)4)21-20(24(5)6)15(8-16(13)25)23(27)30-21/h8,10,13,16,19-21,25H,1,3,9H2,2,4-7H3/t13-,16+,19+,20+,21+/m1/s1. The molecule has 2 aliphatic rings. The average molecular weight is 415 g/mol. The predicted octanol–water partition coefficient (Wildman–Crippen LogP) is 2.62. The number of methoxy groups -OCH3 is 1. The molecule has 0 aliphatic carbocycles. The highest BCUT2D eigenvalue weighted by molar-refractivity contribution is 5.93. The molecular formula is C23H29NO6. The van der Waals surface area contributed by atoms with Crippen molar-refractivity contribution >= 4 is 11.9 Å². The van der Waals surface area contributed by atoms with Gasteiger partial charge in [0.1, 0.15) is 23.2 Å². The Hall–Kier alpha value is -2.64. The third-order valence-corrected chi connectivity index (χ3v) is 5.87. The minimum atomic E-state index is -1.01. The highest BCUT2D eigenvalue weighted by Gasteiger charge is 2.48. The first-order valence-corrected chi connectivity index (χ1v) is 9.85. The van der Waals surface area contributed by atoms with E-state index in [2.05, 4.69) is 13.2 Å². The number of hydrogen-bond donors (Lipinski definition) is 1. The van der Waals surface area contributed by atoms with Crippen LogP contribution in [-0.4, -0.2) is 61.4 Å². The summed E-state index contributed by atoms with van der Waals surface area (Å²) in [5.41, 5.74) is 2.12. The number of rotatable bonds is 4. The van der Waals surface area contributed by atoms with Crippen molar-refractivity contribution in [2.45, 2.75) is 44.4 Å². The minimum Gasteiger partial charge on any atom is -0.465 e. The molecule has 3 rings (SSSR count). The first-order valence-electron chi connectivity index (χ1n) is 9.85. The maximum absolute atomic E-state index is 12.8. The summed E-state index contributed by atoms with van der Waals surface area (Å²) in [7, 11) is 5.00. The molecule has 1 fully saturated rings. The Labute approximate surface area is 176 Å². The van der Waals surface area contributed by atoms with Crippen molar-refractivity contribution < 1.29 is 28.6 Å². The van der Waals surface area contributed by atoms with E-state index in [1.54, 1.807) is 19.1 Å². The number of furan rings is 1. The van der Waals surface area contributed by atoms with E-state index < -0.39 is 42.0 Å². The van der Waals surface area contributed by atoms with Crippen LogP contribution in [0.25, 0.3) is 0 Å². The maximum atomic E-state index is 12.8. The van der Waals surface area contributed by atoms with Crippen molar-refractivity contribution in [2.24, 2.45) is 5.92 Å². The molecule has 0 spiro atoms. The number of fused-ring (bicyclic) bond motifs is 4. The van der Waals surface area contributed by atoms with Crippen molar-refractivity contribution in [3.8, 4) is 0 Å². The summed E-state index contributed by atoms with van der Waals surface area (Å²) < 4.78 is 16.8. The quantitative estimate of drug-likeness (QED) is 0.597. The second-order valence-corrected chi connectivity index (χ2v) is 8.35. The number of aliphatic hydroxyl groups is 1. The SMILES string of the molecule is C=C(C)[C@H]1Cc2oc(cc2C(=O)OC)[C@H](C(=C)C)[C@@H]2OC(=O)C(=C[C@@H]1O)[C@@H]2N(C)C. The van der Waals surface area contributed by atoms with E-state index >= 15 is 0 Å². The number of nitrogens with zero attached hydrogens (tertiary/aromatic N) is 1. The summed E-state index contributed by atoms with van der Waals surface area (Å²) in [5, 5.41) is 11.0. The topological polar surface area (TPSA) is 89.2 Å². The Kier molecular flexibility index (Phi) is 6.06. The van der Waals surface area contributed by atoms with E-state index in [1.807, 2.05) is 25.9 Å². The van der Waals surface area contributed by atoms with Gasteiger partial charge in [-0.05, 0) is 40.1 Å². The van der Waals surface area contributed by atoms with Crippen LogP contribution in [0.3, 0.4) is 0 Å². The molecule has 162 valence electrons. The molecule has 1 aromatic heterocycles. The highest BCUT2D eigenvalue weighted by Crippen LogP contribution is 2.41. The zero-order valence-corrected chi connectivity index (χ0v) is 18.1. The monoisotopic (exact) mass is 415 g/mol. The van der Waals surface area contributed by atoms with Crippen LogP contribution in [0.5, 0.6) is 0 Å². The van der Waals surface area contributed by atoms with Crippen LogP contribution in [0.15, 0.2) is 46.4 Å². The summed E-state index contributed by atoms with van der Waals surface area (Å²) in [6, 6.07) is 1.21. The molecule has 0 radical (unpaired) electrons. The third-order valence-electron chi connectivity index (χ3n) is 5.87. The molecule has 7 heteroatoms. The van der Waals surface area contributed by atoms with Gasteiger partial charge in [0, 0.05) is 12.3 Å². The van der Waals surface area contributed by atoms with Crippen molar-refractivity contribution in [1.29, 1.82) is 0 Å². The highest BCUT2D eigenvalue weighted by atomic mass is 16.6. The van der Waals surface area contributed by atoms with E-state index in [9.17, 15) is 14.7 Å². The van der Waals surface area contributed by atoms with Gasteiger partial charge in [0.2, 0.25) is 0 Å². The molecule has 1 saturated heterocycles. The van der Waals surface area contributed by atoms with Crippen LogP contribution in [-0.2, 0) is 20.7 Å². The van der Waals surface area contributed by atoms with E-state index in [0.29, 0.717) is 22.7 Å². The zero-order chi connectivity index (χ0) is 22.3. The van der Waals surface area contributed by atoms with Crippen molar-refractivity contribution in [1.82, 2.24) is 4.90 Å². The molecule has 5 atom stereocenters. The second-order valence-electron chi connectivity index (χ2n) is 8.35. The van der Waals surface area contributed by atoms with Gasteiger partial charge in [0.25, 0.3) is 0 Å². The molecule has 30 heavy (non-hydrogen) atoms. The van der Waals surface area contributed by atoms with Gasteiger partial charge in [0.05, 0.1) is 30.7 Å². The lowest BCUT2D eigenvalue weighted by Crippen LogP contribution is -2.40. The molecule has 0 unspecified atom stereocenters. The summed E-state index contributed by atoms with van der Waals surface area (Å²) in [6.07, 6.45) is 0.161. The zero-order valence-electron chi connectivity index (χ0n) is 18.1. The number of esters is 2. The molecule has 1 aromatic rings. The molecule has 0 amide bonds. The number of ether oxygens (including phenoxy) is 2. The van der Waals surface area contributed by atoms with E-state index in [1.165, 1.54) is 7.11 Å². The van der Waals surface area contributed by atoms with Gasteiger partial charge >= 0.3 is 11.9 Å². The Balaban J connectivity index is 2.28. The largest absolute Gasteiger partial charge is 0.465 e. The fourth-order valence-corrected chi connectivity index (χ4v) is 4.35. The van der Waals surface area contributed by atoms with Gasteiger partial charge in [-0.3, -0.25) is 4.90 Å². The molecule has 0 aromatic carbocycles. The van der Waals surface area contributed by atoms with Gasteiger partial charge in [0.15, 0.2) is 0 Å². The maximum Gasteiger partial charge on any atom is 0.341 e. The fourth-order valence-electron chi connectivity index (χ4n) is 4.35. The first-order chi connectivity index (χ1) is 14.1. The number of likely N-dealkylation sites (N-methyl/N-ethyl adjacent to an activating group) is 1. The number of carbonyl (C=O) groups is 2. The Morgan fingerprint density at radius 1 is 1.27 bits per heavy atom. The van der Waals surface area contributed by atoms with Crippen LogP contribution in [0.1, 0.15) is 41.6 Å². The lowest BCUT2D eigenvalue weighted by Gasteiger charge is -2.30. The number of hydrogen-bond acceptors (Lipinski definition) is 7. The Morgan fingerprint density at radius 2 is 1.93 bits per heavy atom. The fraction of sp³-hybridized carbons (Fsp3) is 0.478. The molecule has 1 N–H and O–H groups in total. The first kappa shape index (κ1) is 22.1. The average Bonchev–Trinajstić information content (AvgIpc) is 3.19. The van der Waals surface area contributed by atoms with Gasteiger partial charge < -0.3 is 19.0 Å². The third kappa shape index (κ3) is 3.75. The van der Waals surface area contributed by atoms with E-state index in [-0.39, 0.29) is 12.0 Å². The van der Waals surface area contributed by atoms with Crippen LogP contribution < -0.4 is 0 Å². The summed E-state index contributed by atoms with van der Waals surface area (Å²) >= 11 is 0. The predicted molar refractivity (Wildman–Crippen MR) is 111 cm³/mol. The number of aliphatic hydroxyl groups excluding tert-OH is 1. The molecule has 3 heterocycles. The lowest BCUT2D eigenvalue weighted by atomic mass is 9.84. The number of carbonyl (C=O) groups excluding carboxylic acids is 2. The van der Waals surface area contributed by atoms with Crippen LogP contribution in [0, 0.1) is 5.92 Å². The van der Waals surface area contributed by atoms with Crippen molar-refractivity contribution in [3.63, 3.8) is 0 Å². The molecule has 2 aliphatic heterocycles. The van der Waals surface area contributed by atoms with E-state index in [0.717, 1.165) is 5.57 Å². The van der Waals surface area contributed by atoms with Gasteiger partial charge in [-0.1, -0.05) is 24.3 Å². The normalized spacial score (nSPS) is 28.4. The molecular weight excluding hydrogens is 386 g/mol. The smallest absolute Gasteiger partial charge is 0.341 e. The molecule has 0 saturated carbocycles. The van der Waals surface area contributed by atoms with Crippen molar-refractivity contribution in [2.75, 3.05) is 21.2 Å². The van der Waals surface area contributed by atoms with Crippen molar-refractivity contribution in [3.05, 3.63) is 59.1 Å². The molecule has 7 nitrogen and oxygen atoms in total. The summed E-state index contributed by atoms with van der Waals surface area (Å²) in [6.45, 7) is 11.7. The Bertz CT molecular complexity index is 924. The van der Waals surface area contributed by atoms with E-state index in [4.69, 9.17) is 13.9 Å². The van der Waals surface area contributed by atoms with Gasteiger partial charge in [-0.2, -0.15) is 0 Å².